The molecule has 2 aliphatic rings. The van der Waals surface area contributed by atoms with Crippen molar-refractivity contribution < 1.29 is 9.53 Å². The molecule has 27 heavy (non-hydrogen) atoms. The second-order valence-electron chi connectivity index (χ2n) is 7.88. The Bertz CT molecular complexity index is 469. The zero-order valence-electron chi connectivity index (χ0n) is 17.5. The van der Waals surface area contributed by atoms with Crippen molar-refractivity contribution in [2.24, 2.45) is 4.99 Å². The van der Waals surface area contributed by atoms with Gasteiger partial charge in [0, 0.05) is 65.4 Å². The van der Waals surface area contributed by atoms with Crippen molar-refractivity contribution in [2.75, 3.05) is 73.1 Å². The number of hydrogen-bond donors (Lipinski definition) is 2. The molecule has 8 heteroatoms. The number of likely N-dealkylation sites (N-methyl/N-ethyl adjacent to an activating group) is 1. The fourth-order valence-corrected chi connectivity index (χ4v) is 3.35. The minimum atomic E-state index is 0.0129. The smallest absolute Gasteiger partial charge is 0.243 e. The average Bonchev–Trinajstić information content (AvgIpc) is 2.66. The molecule has 0 atom stereocenters. The number of nitrogens with zero attached hydrogens (tertiary/aromatic N) is 4. The number of rotatable bonds is 7. The van der Waals surface area contributed by atoms with Crippen LogP contribution in [0.3, 0.4) is 0 Å². The summed E-state index contributed by atoms with van der Waals surface area (Å²) in [6.45, 7) is 12.2. The van der Waals surface area contributed by atoms with E-state index in [-0.39, 0.29) is 12.5 Å². The first-order valence-electron chi connectivity index (χ1n) is 10.2. The van der Waals surface area contributed by atoms with E-state index in [1.807, 2.05) is 0 Å². The average molecular weight is 383 g/mol. The van der Waals surface area contributed by atoms with Crippen molar-refractivity contribution in [3.8, 4) is 0 Å². The van der Waals surface area contributed by atoms with Crippen molar-refractivity contribution in [3.05, 3.63) is 0 Å². The molecule has 0 unspecified atom stereocenters. The van der Waals surface area contributed by atoms with Gasteiger partial charge in [-0.1, -0.05) is 0 Å². The maximum Gasteiger partial charge on any atom is 0.243 e. The highest BCUT2D eigenvalue weighted by molar-refractivity contribution is 5.84. The summed E-state index contributed by atoms with van der Waals surface area (Å²) in [5.41, 5.74) is 0. The number of nitrogens with one attached hydrogen (secondary N) is 2. The summed E-state index contributed by atoms with van der Waals surface area (Å²) in [6.07, 6.45) is 2.20. The number of amides is 1. The van der Waals surface area contributed by atoms with Crippen LogP contribution in [0.5, 0.6) is 0 Å². The van der Waals surface area contributed by atoms with Crippen molar-refractivity contribution in [2.45, 2.75) is 38.8 Å². The van der Waals surface area contributed by atoms with E-state index in [9.17, 15) is 4.79 Å². The summed E-state index contributed by atoms with van der Waals surface area (Å²) in [5.74, 6) is 0.764. The predicted octanol–water partition coefficient (Wildman–Crippen LogP) is -0.185. The van der Waals surface area contributed by atoms with Crippen LogP contribution in [-0.4, -0.2) is 112 Å². The molecule has 0 saturated carbocycles. The molecule has 2 heterocycles. The topological polar surface area (TPSA) is 72.4 Å². The molecule has 0 aromatic carbocycles. The molecular formula is C19H38N6O2. The minimum Gasteiger partial charge on any atom is -0.379 e. The molecule has 2 aliphatic heterocycles. The number of likely N-dealkylation sites (tertiary alicyclic amines) is 1. The number of carbonyl (C=O) groups excluding carboxylic acids is 1. The van der Waals surface area contributed by atoms with E-state index < -0.39 is 0 Å². The Labute approximate surface area is 164 Å². The van der Waals surface area contributed by atoms with Gasteiger partial charge in [-0.2, -0.15) is 0 Å². The van der Waals surface area contributed by atoms with Gasteiger partial charge in [-0.05, 0) is 26.7 Å². The third kappa shape index (κ3) is 8.02. The lowest BCUT2D eigenvalue weighted by Gasteiger charge is -2.35. The second kappa shape index (κ2) is 11.5. The highest BCUT2D eigenvalue weighted by Gasteiger charge is 2.21. The Hall–Kier alpha value is -1.38. The molecule has 2 fully saturated rings. The molecule has 2 N–H and O–H groups in total. The van der Waals surface area contributed by atoms with Crippen LogP contribution in [0.25, 0.3) is 0 Å². The van der Waals surface area contributed by atoms with E-state index in [0.717, 1.165) is 71.3 Å². The monoisotopic (exact) mass is 382 g/mol. The maximum atomic E-state index is 11.9. The Morgan fingerprint density at radius 1 is 1.19 bits per heavy atom. The van der Waals surface area contributed by atoms with E-state index in [0.29, 0.717) is 12.1 Å². The maximum absolute atomic E-state index is 11.9. The lowest BCUT2D eigenvalue weighted by atomic mass is 10.0. The zero-order chi connectivity index (χ0) is 19.6. The van der Waals surface area contributed by atoms with E-state index >= 15 is 0 Å². The van der Waals surface area contributed by atoms with E-state index in [2.05, 4.69) is 39.3 Å². The van der Waals surface area contributed by atoms with Crippen LogP contribution in [-0.2, 0) is 9.53 Å². The number of guanidine groups is 1. The van der Waals surface area contributed by atoms with E-state index in [1.165, 1.54) is 0 Å². The van der Waals surface area contributed by atoms with Gasteiger partial charge in [-0.15, -0.1) is 0 Å². The van der Waals surface area contributed by atoms with Crippen molar-refractivity contribution in [1.29, 1.82) is 0 Å². The van der Waals surface area contributed by atoms with Crippen LogP contribution in [0.1, 0.15) is 26.7 Å². The Morgan fingerprint density at radius 3 is 2.44 bits per heavy atom. The zero-order valence-corrected chi connectivity index (χ0v) is 17.5. The summed E-state index contributed by atoms with van der Waals surface area (Å²) in [6, 6.07) is 1.01. The van der Waals surface area contributed by atoms with Crippen LogP contribution >= 0.6 is 0 Å². The molecule has 0 radical (unpaired) electrons. The van der Waals surface area contributed by atoms with Gasteiger partial charge < -0.3 is 25.2 Å². The standard InChI is InChI=1S/C19H38N6O2/c1-16(2)25-8-5-17(6-9-25)22-19(21-15-18(26)23(3)4)20-7-10-24-11-13-27-14-12-24/h16-17H,5-15H2,1-4H3,(H2,20,21,22). The third-order valence-corrected chi connectivity index (χ3v) is 5.30. The van der Waals surface area contributed by atoms with Crippen LogP contribution in [0.4, 0.5) is 0 Å². The van der Waals surface area contributed by atoms with Crippen molar-refractivity contribution in [1.82, 2.24) is 25.3 Å². The molecule has 0 spiro atoms. The normalized spacial score (nSPS) is 20.7. The molecule has 0 aliphatic carbocycles. The molecule has 156 valence electrons. The summed E-state index contributed by atoms with van der Waals surface area (Å²) in [5, 5.41) is 6.96. The number of ether oxygens (including phenoxy) is 1. The summed E-state index contributed by atoms with van der Waals surface area (Å²) in [4.78, 5) is 22.9. The Morgan fingerprint density at radius 2 is 1.85 bits per heavy atom. The van der Waals surface area contributed by atoms with E-state index in [4.69, 9.17) is 4.74 Å². The predicted molar refractivity (Wildman–Crippen MR) is 109 cm³/mol. The first kappa shape index (κ1) is 21.9. The van der Waals surface area contributed by atoms with Gasteiger partial charge in [0.25, 0.3) is 0 Å². The van der Waals surface area contributed by atoms with Gasteiger partial charge in [-0.25, -0.2) is 4.99 Å². The SMILES string of the molecule is CC(C)N1CCC(NC(=NCC(=O)N(C)C)NCCN2CCOCC2)CC1. The van der Waals surface area contributed by atoms with Crippen molar-refractivity contribution >= 4 is 11.9 Å². The van der Waals surface area contributed by atoms with Gasteiger partial charge in [0.05, 0.1) is 13.2 Å². The van der Waals surface area contributed by atoms with Gasteiger partial charge in [0.2, 0.25) is 5.91 Å². The van der Waals surface area contributed by atoms with Gasteiger partial charge >= 0.3 is 0 Å². The van der Waals surface area contributed by atoms with Crippen LogP contribution < -0.4 is 10.6 Å². The summed E-state index contributed by atoms with van der Waals surface area (Å²) >= 11 is 0. The second-order valence-corrected chi connectivity index (χ2v) is 7.88. The largest absolute Gasteiger partial charge is 0.379 e. The molecule has 0 aromatic rings. The fourth-order valence-electron chi connectivity index (χ4n) is 3.35. The van der Waals surface area contributed by atoms with Gasteiger partial charge in [-0.3, -0.25) is 9.69 Å². The summed E-state index contributed by atoms with van der Waals surface area (Å²) < 4.78 is 5.40. The molecular weight excluding hydrogens is 344 g/mol. The molecule has 0 aromatic heterocycles. The van der Waals surface area contributed by atoms with Gasteiger partial charge in [0.15, 0.2) is 5.96 Å². The number of aliphatic imine (C=N–C) groups is 1. The number of hydrogen-bond acceptors (Lipinski definition) is 5. The lowest BCUT2D eigenvalue weighted by molar-refractivity contribution is -0.127. The highest BCUT2D eigenvalue weighted by Crippen LogP contribution is 2.12. The van der Waals surface area contributed by atoms with Crippen LogP contribution in [0.2, 0.25) is 0 Å². The Balaban J connectivity index is 1.83. The molecule has 2 rings (SSSR count). The molecule has 0 bridgehead atoms. The molecule has 1 amide bonds. The number of morpholine rings is 1. The van der Waals surface area contributed by atoms with E-state index in [1.54, 1.807) is 19.0 Å². The first-order valence-corrected chi connectivity index (χ1v) is 10.2. The first-order chi connectivity index (χ1) is 13.0. The van der Waals surface area contributed by atoms with Crippen LogP contribution in [0, 0.1) is 0 Å². The lowest BCUT2D eigenvalue weighted by Crippen LogP contribution is -2.51. The molecule has 8 nitrogen and oxygen atoms in total. The number of carbonyl (C=O) groups is 1. The van der Waals surface area contributed by atoms with Crippen molar-refractivity contribution in [3.63, 3.8) is 0 Å². The van der Waals surface area contributed by atoms with Gasteiger partial charge in [0.1, 0.15) is 6.54 Å². The highest BCUT2D eigenvalue weighted by atomic mass is 16.5. The third-order valence-electron chi connectivity index (χ3n) is 5.30. The molecule has 2 saturated heterocycles. The van der Waals surface area contributed by atoms with Crippen LogP contribution in [0.15, 0.2) is 4.99 Å². The quantitative estimate of drug-likeness (QED) is 0.470. The fraction of sp³-hybridized carbons (Fsp3) is 0.895. The number of piperidine rings is 1. The minimum absolute atomic E-state index is 0.0129. The Kier molecular flexibility index (Phi) is 9.30. The summed E-state index contributed by atoms with van der Waals surface area (Å²) in [7, 11) is 3.52.